The molecule has 0 aromatic heterocycles. The molecule has 5 nitrogen and oxygen atoms in total. The molecule has 0 N–H and O–H groups in total. The maximum absolute atomic E-state index is 12.4. The molecule has 0 aliphatic carbocycles. The van der Waals surface area contributed by atoms with E-state index < -0.39 is 10.0 Å². The monoisotopic (exact) mass is 347 g/mol. The van der Waals surface area contributed by atoms with Crippen molar-refractivity contribution < 1.29 is 17.9 Å². The van der Waals surface area contributed by atoms with Crippen LogP contribution in [0.3, 0.4) is 0 Å². The first kappa shape index (κ1) is 17.1. The van der Waals surface area contributed by atoms with Crippen LogP contribution >= 0.6 is 0 Å². The predicted octanol–water partition coefficient (Wildman–Crippen LogP) is 2.39. The molecule has 1 aliphatic heterocycles. The third-order valence-electron chi connectivity index (χ3n) is 3.91. The van der Waals surface area contributed by atoms with Gasteiger partial charge in [0, 0.05) is 6.54 Å². The molecule has 128 valence electrons. The van der Waals surface area contributed by atoms with Crippen LogP contribution in [0.25, 0.3) is 0 Å². The van der Waals surface area contributed by atoms with Gasteiger partial charge in [-0.1, -0.05) is 60.7 Å². The Kier molecular flexibility index (Phi) is 5.63. The van der Waals surface area contributed by atoms with Gasteiger partial charge in [0.15, 0.2) is 5.94 Å². The fourth-order valence-corrected chi connectivity index (χ4v) is 4.04. The van der Waals surface area contributed by atoms with E-state index >= 15 is 0 Å². The van der Waals surface area contributed by atoms with Crippen molar-refractivity contribution >= 4 is 10.0 Å². The van der Waals surface area contributed by atoms with Gasteiger partial charge in [-0.3, -0.25) is 0 Å². The van der Waals surface area contributed by atoms with Crippen LogP contribution in [0, 0.1) is 0 Å². The Morgan fingerprint density at radius 1 is 1.00 bits per heavy atom. The lowest BCUT2D eigenvalue weighted by Gasteiger charge is -2.34. The molecule has 1 fully saturated rings. The summed E-state index contributed by atoms with van der Waals surface area (Å²) in [6, 6.07) is 19.1. The molecular formula is C18H21NO4S. The predicted molar refractivity (Wildman–Crippen MR) is 91.6 cm³/mol. The Labute approximate surface area is 142 Å². The second kappa shape index (κ2) is 7.90. The van der Waals surface area contributed by atoms with Crippen molar-refractivity contribution in [2.45, 2.75) is 19.2 Å². The molecule has 0 bridgehead atoms. The highest BCUT2D eigenvalue weighted by Gasteiger charge is 2.35. The van der Waals surface area contributed by atoms with Gasteiger partial charge in [-0.25, -0.2) is 8.42 Å². The van der Waals surface area contributed by atoms with E-state index in [4.69, 9.17) is 9.47 Å². The smallest absolute Gasteiger partial charge is 0.239 e. The summed E-state index contributed by atoms with van der Waals surface area (Å²) in [6.45, 7) is 1.45. The molecule has 2 aromatic carbocycles. The van der Waals surface area contributed by atoms with Crippen molar-refractivity contribution in [2.24, 2.45) is 0 Å². The summed E-state index contributed by atoms with van der Waals surface area (Å²) in [4.78, 5) is 0. The summed E-state index contributed by atoms with van der Waals surface area (Å²) in [5.74, 6) is -0.269. The van der Waals surface area contributed by atoms with Crippen LogP contribution in [-0.2, 0) is 32.6 Å². The van der Waals surface area contributed by atoms with Gasteiger partial charge >= 0.3 is 0 Å². The molecule has 24 heavy (non-hydrogen) atoms. The SMILES string of the molecule is O=S1(=O)COC[C@H](COCc2ccccc2)N1Cc1ccccc1. The lowest BCUT2D eigenvalue weighted by atomic mass is 10.2. The molecule has 1 heterocycles. The van der Waals surface area contributed by atoms with Gasteiger partial charge in [-0.2, -0.15) is 4.31 Å². The molecular weight excluding hydrogens is 326 g/mol. The summed E-state index contributed by atoms with van der Waals surface area (Å²) < 4.78 is 37.2. The van der Waals surface area contributed by atoms with Gasteiger partial charge in [0.05, 0.1) is 25.9 Å². The molecule has 1 atom stereocenters. The van der Waals surface area contributed by atoms with Crippen molar-refractivity contribution in [1.29, 1.82) is 0 Å². The molecule has 2 aromatic rings. The van der Waals surface area contributed by atoms with Crippen LogP contribution in [0.4, 0.5) is 0 Å². The Balaban J connectivity index is 1.65. The molecule has 0 saturated carbocycles. The second-order valence-electron chi connectivity index (χ2n) is 5.79. The lowest BCUT2D eigenvalue weighted by molar-refractivity contribution is 0.0178. The molecule has 0 unspecified atom stereocenters. The Morgan fingerprint density at radius 2 is 1.62 bits per heavy atom. The summed E-state index contributed by atoms with van der Waals surface area (Å²) >= 11 is 0. The zero-order valence-electron chi connectivity index (χ0n) is 13.4. The first-order valence-corrected chi connectivity index (χ1v) is 9.49. The fourth-order valence-electron chi connectivity index (χ4n) is 2.68. The zero-order valence-corrected chi connectivity index (χ0v) is 14.2. The molecule has 0 spiro atoms. The first-order valence-electron chi connectivity index (χ1n) is 7.88. The van der Waals surface area contributed by atoms with Crippen molar-refractivity contribution in [3.8, 4) is 0 Å². The van der Waals surface area contributed by atoms with E-state index in [1.54, 1.807) is 0 Å². The topological polar surface area (TPSA) is 55.8 Å². The van der Waals surface area contributed by atoms with E-state index in [0.717, 1.165) is 11.1 Å². The zero-order chi connectivity index (χ0) is 16.8. The summed E-state index contributed by atoms with van der Waals surface area (Å²) in [5, 5.41) is 0. The highest BCUT2D eigenvalue weighted by molar-refractivity contribution is 7.88. The Morgan fingerprint density at radius 3 is 2.29 bits per heavy atom. The fraction of sp³-hybridized carbons (Fsp3) is 0.333. The Bertz CT molecular complexity index is 734. The van der Waals surface area contributed by atoms with E-state index in [1.807, 2.05) is 60.7 Å². The van der Waals surface area contributed by atoms with E-state index in [-0.39, 0.29) is 12.0 Å². The number of hydrogen-bond acceptors (Lipinski definition) is 4. The maximum atomic E-state index is 12.4. The molecule has 0 radical (unpaired) electrons. The van der Waals surface area contributed by atoms with Crippen molar-refractivity contribution in [1.82, 2.24) is 4.31 Å². The van der Waals surface area contributed by atoms with Crippen LogP contribution < -0.4 is 0 Å². The minimum absolute atomic E-state index is 0.269. The largest absolute Gasteiger partial charge is 0.375 e. The van der Waals surface area contributed by atoms with Crippen LogP contribution in [0.2, 0.25) is 0 Å². The van der Waals surface area contributed by atoms with Crippen molar-refractivity contribution in [2.75, 3.05) is 19.2 Å². The average molecular weight is 347 g/mol. The number of sulfonamides is 1. The van der Waals surface area contributed by atoms with Gasteiger partial charge in [0.2, 0.25) is 10.0 Å². The number of nitrogens with zero attached hydrogens (tertiary/aromatic N) is 1. The maximum Gasteiger partial charge on any atom is 0.239 e. The minimum Gasteiger partial charge on any atom is -0.375 e. The van der Waals surface area contributed by atoms with Crippen LogP contribution in [0.5, 0.6) is 0 Å². The summed E-state index contributed by atoms with van der Waals surface area (Å²) in [7, 11) is -3.43. The standard InChI is InChI=1S/C18H21NO4S/c20-24(21)15-23-14-18(13-22-12-17-9-5-2-6-10-17)19(24)11-16-7-3-1-4-8-16/h1-10,18H,11-15H2/t18-/m0/s1. The summed E-state index contributed by atoms with van der Waals surface area (Å²) in [5.41, 5.74) is 2.02. The molecule has 0 amide bonds. The van der Waals surface area contributed by atoms with Gasteiger partial charge in [0.1, 0.15) is 0 Å². The molecule has 1 aliphatic rings. The second-order valence-corrected chi connectivity index (χ2v) is 7.65. The lowest BCUT2D eigenvalue weighted by Crippen LogP contribution is -2.50. The highest BCUT2D eigenvalue weighted by atomic mass is 32.2. The molecule has 6 heteroatoms. The highest BCUT2D eigenvalue weighted by Crippen LogP contribution is 2.19. The normalized spacial score (nSPS) is 20.8. The number of rotatable bonds is 6. The molecule has 3 rings (SSSR count). The number of benzene rings is 2. The van der Waals surface area contributed by atoms with E-state index in [2.05, 4.69) is 0 Å². The van der Waals surface area contributed by atoms with E-state index in [9.17, 15) is 8.42 Å². The van der Waals surface area contributed by atoms with E-state index in [1.165, 1.54) is 4.31 Å². The average Bonchev–Trinajstić information content (AvgIpc) is 2.59. The number of hydrogen-bond donors (Lipinski definition) is 0. The third kappa shape index (κ3) is 4.42. The quantitative estimate of drug-likeness (QED) is 0.805. The van der Waals surface area contributed by atoms with Crippen LogP contribution in [-0.4, -0.2) is 37.9 Å². The summed E-state index contributed by atoms with van der Waals surface area (Å²) in [6.07, 6.45) is 0. The van der Waals surface area contributed by atoms with Gasteiger partial charge in [-0.05, 0) is 11.1 Å². The van der Waals surface area contributed by atoms with Gasteiger partial charge < -0.3 is 9.47 Å². The van der Waals surface area contributed by atoms with Crippen molar-refractivity contribution in [3.63, 3.8) is 0 Å². The van der Waals surface area contributed by atoms with Gasteiger partial charge in [0.25, 0.3) is 0 Å². The van der Waals surface area contributed by atoms with Crippen LogP contribution in [0.15, 0.2) is 60.7 Å². The minimum atomic E-state index is -3.43. The van der Waals surface area contributed by atoms with Crippen molar-refractivity contribution in [3.05, 3.63) is 71.8 Å². The number of ether oxygens (including phenoxy) is 2. The molecule has 1 saturated heterocycles. The van der Waals surface area contributed by atoms with E-state index in [0.29, 0.717) is 26.4 Å². The van der Waals surface area contributed by atoms with Gasteiger partial charge in [-0.15, -0.1) is 0 Å². The third-order valence-corrected chi connectivity index (χ3v) is 5.52. The van der Waals surface area contributed by atoms with Crippen LogP contribution in [0.1, 0.15) is 11.1 Å². The first-order chi connectivity index (χ1) is 11.6. The Hall–Kier alpha value is -1.73.